The number of alkyl halides is 2. The van der Waals surface area contributed by atoms with Gasteiger partial charge in [0.25, 0.3) is 5.91 Å². The number of nitrogens with one attached hydrogen (secondary N) is 1. The van der Waals surface area contributed by atoms with Gasteiger partial charge in [-0.15, -0.1) is 11.3 Å². The van der Waals surface area contributed by atoms with Crippen LogP contribution in [-0.4, -0.2) is 43.6 Å². The van der Waals surface area contributed by atoms with Crippen LogP contribution in [0.25, 0.3) is 0 Å². The summed E-state index contributed by atoms with van der Waals surface area (Å²) in [5.74, 6) is -0.238. The van der Waals surface area contributed by atoms with E-state index < -0.39 is 6.61 Å². The second kappa shape index (κ2) is 6.49. The number of hydrogen-bond donors (Lipinski definition) is 1. The van der Waals surface area contributed by atoms with Crippen molar-refractivity contribution in [3.63, 3.8) is 0 Å². The third kappa shape index (κ3) is 3.46. The number of thiophene rings is 1. The number of likely N-dealkylation sites (N-methyl/N-ethyl adjacent to an activating group) is 1. The molecule has 0 spiro atoms. The van der Waals surface area contributed by atoms with Crippen LogP contribution in [0, 0.1) is 6.92 Å². The van der Waals surface area contributed by atoms with Crippen molar-refractivity contribution < 1.29 is 18.3 Å². The highest BCUT2D eigenvalue weighted by Gasteiger charge is 2.27. The summed E-state index contributed by atoms with van der Waals surface area (Å²) in [5.41, 5.74) is 0. The van der Waals surface area contributed by atoms with Crippen LogP contribution in [0.2, 0.25) is 0 Å². The zero-order valence-corrected chi connectivity index (χ0v) is 12.3. The molecule has 0 aromatic carbocycles. The second-order valence-corrected chi connectivity index (χ2v) is 6.06. The number of halogens is 2. The summed E-state index contributed by atoms with van der Waals surface area (Å²) in [5, 5.41) is 3.15. The summed E-state index contributed by atoms with van der Waals surface area (Å²) in [6.07, 6.45) is 1.93. The predicted octanol–water partition coefficient (Wildman–Crippen LogP) is 2.48. The number of carbonyl (C=O) groups is 1. The first kappa shape index (κ1) is 15.2. The molecule has 1 atom stereocenters. The van der Waals surface area contributed by atoms with Crippen molar-refractivity contribution in [3.05, 3.63) is 15.8 Å². The van der Waals surface area contributed by atoms with Crippen molar-refractivity contribution in [2.24, 2.45) is 0 Å². The summed E-state index contributed by atoms with van der Waals surface area (Å²) in [4.78, 5) is 15.2. The normalized spacial score (nSPS) is 19.4. The Labute approximate surface area is 120 Å². The number of likely N-dealkylation sites (tertiary alicyclic amines) is 1. The van der Waals surface area contributed by atoms with E-state index >= 15 is 0 Å². The molecule has 0 saturated carbocycles. The average Bonchev–Trinajstić information content (AvgIpc) is 2.78. The van der Waals surface area contributed by atoms with Gasteiger partial charge in [-0.3, -0.25) is 4.79 Å². The number of amides is 1. The molecule has 0 bridgehead atoms. The monoisotopic (exact) mass is 304 g/mol. The maximum absolute atomic E-state index is 12.5. The maximum Gasteiger partial charge on any atom is 0.387 e. The molecule has 2 rings (SSSR count). The molecule has 0 radical (unpaired) electrons. The van der Waals surface area contributed by atoms with Gasteiger partial charge in [0.15, 0.2) is 0 Å². The molecule has 1 aromatic heterocycles. The number of ether oxygens (including phenoxy) is 1. The van der Waals surface area contributed by atoms with E-state index in [-0.39, 0.29) is 22.6 Å². The minimum atomic E-state index is -2.91. The van der Waals surface area contributed by atoms with Gasteiger partial charge in [0, 0.05) is 24.0 Å². The molecule has 1 fully saturated rings. The SMILES string of the molecule is CNC1CCCN(C(=O)c2sc(C)cc2OC(F)F)C1. The van der Waals surface area contributed by atoms with Gasteiger partial charge in [0.2, 0.25) is 0 Å². The van der Waals surface area contributed by atoms with E-state index in [4.69, 9.17) is 0 Å². The third-order valence-corrected chi connectivity index (χ3v) is 4.37. The summed E-state index contributed by atoms with van der Waals surface area (Å²) in [6.45, 7) is 0.108. The van der Waals surface area contributed by atoms with Gasteiger partial charge >= 0.3 is 6.61 Å². The lowest BCUT2D eigenvalue weighted by atomic mass is 10.1. The molecule has 1 saturated heterocycles. The zero-order chi connectivity index (χ0) is 14.7. The molecule has 1 N–H and O–H groups in total. The van der Waals surface area contributed by atoms with Crippen LogP contribution in [-0.2, 0) is 0 Å². The third-order valence-electron chi connectivity index (χ3n) is 3.35. The van der Waals surface area contributed by atoms with E-state index in [0.717, 1.165) is 17.7 Å². The van der Waals surface area contributed by atoms with E-state index in [1.54, 1.807) is 11.8 Å². The van der Waals surface area contributed by atoms with Crippen LogP contribution < -0.4 is 10.1 Å². The molecule has 1 aliphatic rings. The Hall–Kier alpha value is -1.21. The highest BCUT2D eigenvalue weighted by molar-refractivity contribution is 7.14. The number of aryl methyl sites for hydroxylation is 1. The van der Waals surface area contributed by atoms with Gasteiger partial charge < -0.3 is 15.0 Å². The minimum absolute atomic E-state index is 0.0147. The summed E-state index contributed by atoms with van der Waals surface area (Å²) < 4.78 is 29.2. The average molecular weight is 304 g/mol. The summed E-state index contributed by atoms with van der Waals surface area (Å²) in [6, 6.07) is 1.75. The van der Waals surface area contributed by atoms with Crippen LogP contribution in [0.3, 0.4) is 0 Å². The molecule has 1 amide bonds. The number of hydrogen-bond acceptors (Lipinski definition) is 4. The van der Waals surface area contributed by atoms with Crippen LogP contribution in [0.4, 0.5) is 8.78 Å². The fourth-order valence-corrected chi connectivity index (χ4v) is 3.28. The molecule has 0 aliphatic carbocycles. The maximum atomic E-state index is 12.5. The van der Waals surface area contributed by atoms with Crippen molar-refractivity contribution in [1.82, 2.24) is 10.2 Å². The second-order valence-electron chi connectivity index (χ2n) is 4.81. The minimum Gasteiger partial charge on any atom is -0.433 e. The number of nitrogens with zero attached hydrogens (tertiary/aromatic N) is 1. The standard InChI is InChI=1S/C13H18F2N2O2S/c1-8-6-10(19-13(14)15)11(20-8)12(18)17-5-3-4-9(7-17)16-2/h6,9,13,16H,3-5,7H2,1-2H3. The summed E-state index contributed by atoms with van der Waals surface area (Å²) in [7, 11) is 1.86. The van der Waals surface area contributed by atoms with Gasteiger partial charge in [0.1, 0.15) is 10.6 Å². The van der Waals surface area contributed by atoms with Crippen LogP contribution in [0.15, 0.2) is 6.07 Å². The first-order valence-corrected chi connectivity index (χ1v) is 7.34. The van der Waals surface area contributed by atoms with E-state index in [1.165, 1.54) is 17.4 Å². The van der Waals surface area contributed by atoms with Gasteiger partial charge in [-0.05, 0) is 32.9 Å². The first-order valence-electron chi connectivity index (χ1n) is 6.53. The van der Waals surface area contributed by atoms with Gasteiger partial charge in [-0.2, -0.15) is 8.78 Å². The lowest BCUT2D eigenvalue weighted by molar-refractivity contribution is -0.0499. The molecule has 7 heteroatoms. The van der Waals surface area contributed by atoms with E-state index in [1.807, 2.05) is 7.05 Å². The van der Waals surface area contributed by atoms with Crippen molar-refractivity contribution in [2.45, 2.75) is 32.4 Å². The summed E-state index contributed by atoms with van der Waals surface area (Å²) >= 11 is 1.20. The smallest absolute Gasteiger partial charge is 0.387 e. The van der Waals surface area contributed by atoms with Crippen molar-refractivity contribution >= 4 is 17.2 Å². The molecule has 20 heavy (non-hydrogen) atoms. The largest absolute Gasteiger partial charge is 0.433 e. The Morgan fingerprint density at radius 1 is 1.60 bits per heavy atom. The molecule has 1 aliphatic heterocycles. The molecule has 4 nitrogen and oxygen atoms in total. The molecule has 2 heterocycles. The van der Waals surface area contributed by atoms with E-state index in [9.17, 15) is 13.6 Å². The molecule has 1 unspecified atom stereocenters. The van der Waals surface area contributed by atoms with Crippen molar-refractivity contribution in [1.29, 1.82) is 0 Å². The fraction of sp³-hybridized carbons (Fsp3) is 0.615. The number of carbonyl (C=O) groups excluding carboxylic acids is 1. The molecular formula is C13H18F2N2O2S. The Balaban J connectivity index is 2.15. The topological polar surface area (TPSA) is 41.6 Å². The van der Waals surface area contributed by atoms with Crippen LogP contribution in [0.5, 0.6) is 5.75 Å². The fourth-order valence-electron chi connectivity index (χ4n) is 2.36. The van der Waals surface area contributed by atoms with Crippen molar-refractivity contribution in [2.75, 3.05) is 20.1 Å². The highest BCUT2D eigenvalue weighted by Crippen LogP contribution is 2.32. The zero-order valence-electron chi connectivity index (χ0n) is 11.5. The predicted molar refractivity (Wildman–Crippen MR) is 73.7 cm³/mol. The van der Waals surface area contributed by atoms with E-state index in [2.05, 4.69) is 10.1 Å². The first-order chi connectivity index (χ1) is 9.51. The van der Waals surface area contributed by atoms with Crippen LogP contribution >= 0.6 is 11.3 Å². The lowest BCUT2D eigenvalue weighted by Gasteiger charge is -2.32. The molecule has 1 aromatic rings. The van der Waals surface area contributed by atoms with E-state index in [0.29, 0.717) is 13.1 Å². The molecular weight excluding hydrogens is 286 g/mol. The van der Waals surface area contributed by atoms with Gasteiger partial charge in [-0.25, -0.2) is 0 Å². The highest BCUT2D eigenvalue weighted by atomic mass is 32.1. The van der Waals surface area contributed by atoms with Crippen LogP contribution in [0.1, 0.15) is 27.4 Å². The Morgan fingerprint density at radius 3 is 3.00 bits per heavy atom. The Morgan fingerprint density at radius 2 is 2.35 bits per heavy atom. The quantitative estimate of drug-likeness (QED) is 0.929. The number of rotatable bonds is 4. The molecule has 112 valence electrons. The van der Waals surface area contributed by atoms with Gasteiger partial charge in [0.05, 0.1) is 0 Å². The number of piperidine rings is 1. The Bertz CT molecular complexity index is 479. The van der Waals surface area contributed by atoms with Gasteiger partial charge in [-0.1, -0.05) is 0 Å². The lowest BCUT2D eigenvalue weighted by Crippen LogP contribution is -2.46. The Kier molecular flexibility index (Phi) is 4.93. The van der Waals surface area contributed by atoms with Crippen molar-refractivity contribution in [3.8, 4) is 5.75 Å².